The van der Waals surface area contributed by atoms with Gasteiger partial charge in [0.05, 0.1) is 12.9 Å². The van der Waals surface area contributed by atoms with Gasteiger partial charge >= 0.3 is 0 Å². The molecule has 2 heterocycles. The SMILES string of the molecule is CCc1ccc(CNC(=NC)NCc2ccc(Cn3ccnc3)cc2)s1. The number of benzene rings is 1. The van der Waals surface area contributed by atoms with Crippen molar-refractivity contribution in [2.75, 3.05) is 7.05 Å². The van der Waals surface area contributed by atoms with Crippen molar-refractivity contribution in [1.29, 1.82) is 0 Å². The molecule has 0 amide bonds. The van der Waals surface area contributed by atoms with Gasteiger partial charge in [-0.2, -0.15) is 0 Å². The molecule has 136 valence electrons. The van der Waals surface area contributed by atoms with Gasteiger partial charge in [0.15, 0.2) is 5.96 Å². The molecule has 0 aliphatic heterocycles. The van der Waals surface area contributed by atoms with Crippen molar-refractivity contribution in [2.45, 2.75) is 33.0 Å². The number of guanidine groups is 1. The number of hydrogen-bond acceptors (Lipinski definition) is 3. The first-order chi connectivity index (χ1) is 12.8. The van der Waals surface area contributed by atoms with Crippen LogP contribution in [0.25, 0.3) is 0 Å². The van der Waals surface area contributed by atoms with Gasteiger partial charge in [-0.1, -0.05) is 31.2 Å². The lowest BCUT2D eigenvalue weighted by Gasteiger charge is -2.12. The van der Waals surface area contributed by atoms with E-state index in [-0.39, 0.29) is 0 Å². The summed E-state index contributed by atoms with van der Waals surface area (Å²) in [6.45, 7) is 4.57. The molecule has 2 aromatic heterocycles. The molecule has 2 N–H and O–H groups in total. The first-order valence-electron chi connectivity index (χ1n) is 8.82. The minimum atomic E-state index is 0.746. The van der Waals surface area contributed by atoms with E-state index in [9.17, 15) is 0 Å². The second kappa shape index (κ2) is 9.20. The van der Waals surface area contributed by atoms with Crippen molar-refractivity contribution < 1.29 is 0 Å². The summed E-state index contributed by atoms with van der Waals surface area (Å²) in [5.74, 6) is 0.818. The molecule has 0 aliphatic rings. The van der Waals surface area contributed by atoms with Crippen molar-refractivity contribution >= 4 is 17.3 Å². The van der Waals surface area contributed by atoms with E-state index in [0.29, 0.717) is 0 Å². The van der Waals surface area contributed by atoms with Crippen molar-refractivity contribution in [3.63, 3.8) is 0 Å². The molecule has 3 aromatic rings. The van der Waals surface area contributed by atoms with Crippen molar-refractivity contribution in [3.8, 4) is 0 Å². The lowest BCUT2D eigenvalue weighted by atomic mass is 10.1. The van der Waals surface area contributed by atoms with Crippen LogP contribution in [0.5, 0.6) is 0 Å². The number of aliphatic imine (C=N–C) groups is 1. The van der Waals surface area contributed by atoms with E-state index in [4.69, 9.17) is 0 Å². The first kappa shape index (κ1) is 18.2. The Balaban J connectivity index is 1.47. The Kier molecular flexibility index (Phi) is 6.44. The fraction of sp³-hybridized carbons (Fsp3) is 0.300. The van der Waals surface area contributed by atoms with E-state index in [2.05, 4.69) is 68.5 Å². The molecule has 0 saturated carbocycles. The Hall–Kier alpha value is -2.60. The number of aromatic nitrogens is 2. The van der Waals surface area contributed by atoms with Gasteiger partial charge in [0.2, 0.25) is 0 Å². The van der Waals surface area contributed by atoms with Crippen molar-refractivity contribution in [1.82, 2.24) is 20.2 Å². The van der Waals surface area contributed by atoms with Gasteiger partial charge in [-0.3, -0.25) is 4.99 Å². The highest BCUT2D eigenvalue weighted by Crippen LogP contribution is 2.16. The van der Waals surface area contributed by atoms with E-state index in [1.807, 2.05) is 23.9 Å². The number of nitrogens with one attached hydrogen (secondary N) is 2. The zero-order valence-electron chi connectivity index (χ0n) is 15.3. The quantitative estimate of drug-likeness (QED) is 0.497. The van der Waals surface area contributed by atoms with Crippen LogP contribution in [0.3, 0.4) is 0 Å². The molecule has 0 spiro atoms. The van der Waals surface area contributed by atoms with E-state index in [0.717, 1.165) is 32.0 Å². The molecule has 0 unspecified atom stereocenters. The summed E-state index contributed by atoms with van der Waals surface area (Å²) < 4.78 is 2.06. The van der Waals surface area contributed by atoms with Gasteiger partial charge in [-0.25, -0.2) is 4.98 Å². The van der Waals surface area contributed by atoms with Crippen LogP contribution in [0.1, 0.15) is 27.8 Å². The third-order valence-electron chi connectivity index (χ3n) is 4.13. The largest absolute Gasteiger partial charge is 0.352 e. The van der Waals surface area contributed by atoms with Crippen LogP contribution in [0.2, 0.25) is 0 Å². The maximum Gasteiger partial charge on any atom is 0.191 e. The average molecular weight is 368 g/mol. The third-order valence-corrected chi connectivity index (χ3v) is 5.36. The van der Waals surface area contributed by atoms with E-state index >= 15 is 0 Å². The van der Waals surface area contributed by atoms with Crippen LogP contribution in [0.4, 0.5) is 0 Å². The highest BCUT2D eigenvalue weighted by atomic mass is 32.1. The van der Waals surface area contributed by atoms with Crippen LogP contribution in [-0.2, 0) is 26.1 Å². The van der Waals surface area contributed by atoms with Crippen molar-refractivity contribution in [2.24, 2.45) is 4.99 Å². The topological polar surface area (TPSA) is 54.2 Å². The summed E-state index contributed by atoms with van der Waals surface area (Å²) in [6, 6.07) is 13.0. The molecular weight excluding hydrogens is 342 g/mol. The van der Waals surface area contributed by atoms with Gasteiger partial charge in [-0.05, 0) is 29.7 Å². The number of rotatable bonds is 7. The molecule has 6 heteroatoms. The van der Waals surface area contributed by atoms with Crippen LogP contribution in [0.15, 0.2) is 60.1 Å². The Morgan fingerprint density at radius 2 is 1.77 bits per heavy atom. The predicted molar refractivity (Wildman–Crippen MR) is 109 cm³/mol. The number of imidazole rings is 1. The molecule has 1 aromatic carbocycles. The number of thiophene rings is 1. The molecule has 0 radical (unpaired) electrons. The Morgan fingerprint density at radius 3 is 2.42 bits per heavy atom. The maximum absolute atomic E-state index is 4.30. The lowest BCUT2D eigenvalue weighted by molar-refractivity contribution is 0.793. The van der Waals surface area contributed by atoms with E-state index in [1.165, 1.54) is 20.9 Å². The van der Waals surface area contributed by atoms with Gasteiger partial charge in [0.1, 0.15) is 0 Å². The molecule has 0 saturated heterocycles. The van der Waals surface area contributed by atoms with Gasteiger partial charge in [0, 0.05) is 42.3 Å². The molecule has 0 atom stereocenters. The molecule has 3 rings (SSSR count). The molecule has 0 bridgehead atoms. The molecule has 26 heavy (non-hydrogen) atoms. The van der Waals surface area contributed by atoms with Crippen LogP contribution < -0.4 is 10.6 Å². The number of aryl methyl sites for hydroxylation is 1. The van der Waals surface area contributed by atoms with Crippen LogP contribution in [0, 0.1) is 0 Å². The fourth-order valence-corrected chi connectivity index (χ4v) is 3.54. The Morgan fingerprint density at radius 1 is 1.04 bits per heavy atom. The van der Waals surface area contributed by atoms with E-state index < -0.39 is 0 Å². The molecule has 5 nitrogen and oxygen atoms in total. The van der Waals surface area contributed by atoms with Crippen molar-refractivity contribution in [3.05, 3.63) is 76.0 Å². The van der Waals surface area contributed by atoms with Crippen LogP contribution >= 0.6 is 11.3 Å². The zero-order chi connectivity index (χ0) is 18.2. The first-order valence-corrected chi connectivity index (χ1v) is 9.64. The standard InChI is InChI=1S/C20H25N5S/c1-3-18-8-9-19(26-18)13-24-20(21-2)23-12-16-4-6-17(7-5-16)14-25-11-10-22-15-25/h4-11,15H,3,12-14H2,1-2H3,(H2,21,23,24). The number of nitrogens with zero attached hydrogens (tertiary/aromatic N) is 3. The zero-order valence-corrected chi connectivity index (χ0v) is 16.1. The molecule has 0 aliphatic carbocycles. The lowest BCUT2D eigenvalue weighted by Crippen LogP contribution is -2.36. The van der Waals surface area contributed by atoms with Gasteiger partial charge in [-0.15, -0.1) is 11.3 Å². The summed E-state index contributed by atoms with van der Waals surface area (Å²) in [5.41, 5.74) is 2.49. The normalized spacial score (nSPS) is 11.5. The monoisotopic (exact) mass is 367 g/mol. The summed E-state index contributed by atoms with van der Waals surface area (Å²) >= 11 is 1.85. The summed E-state index contributed by atoms with van der Waals surface area (Å²) in [7, 11) is 1.80. The van der Waals surface area contributed by atoms with E-state index in [1.54, 1.807) is 13.2 Å². The number of hydrogen-bond donors (Lipinski definition) is 2. The highest BCUT2D eigenvalue weighted by molar-refractivity contribution is 7.11. The molecule has 0 fully saturated rings. The minimum absolute atomic E-state index is 0.746. The Labute approximate surface area is 158 Å². The fourth-order valence-electron chi connectivity index (χ4n) is 2.64. The summed E-state index contributed by atoms with van der Waals surface area (Å²) in [5, 5.41) is 6.74. The highest BCUT2D eigenvalue weighted by Gasteiger charge is 2.02. The summed E-state index contributed by atoms with van der Waals surface area (Å²) in [6.07, 6.45) is 6.70. The molecular formula is C20H25N5S. The van der Waals surface area contributed by atoms with Gasteiger partial charge < -0.3 is 15.2 Å². The predicted octanol–water partition coefficient (Wildman–Crippen LogP) is 3.42. The van der Waals surface area contributed by atoms with Crippen LogP contribution in [-0.4, -0.2) is 22.6 Å². The Bertz CT molecular complexity index is 818. The summed E-state index contributed by atoms with van der Waals surface area (Å²) in [4.78, 5) is 11.1. The second-order valence-electron chi connectivity index (χ2n) is 6.05. The minimum Gasteiger partial charge on any atom is -0.352 e. The third kappa shape index (κ3) is 5.20. The second-order valence-corrected chi connectivity index (χ2v) is 7.31. The smallest absolute Gasteiger partial charge is 0.191 e. The van der Waals surface area contributed by atoms with Gasteiger partial charge in [0.25, 0.3) is 0 Å². The average Bonchev–Trinajstić information content (AvgIpc) is 3.35. The maximum atomic E-state index is 4.30.